The van der Waals surface area contributed by atoms with Crippen molar-refractivity contribution in [1.29, 1.82) is 0 Å². The predicted molar refractivity (Wildman–Crippen MR) is 91.4 cm³/mol. The zero-order valence-corrected chi connectivity index (χ0v) is 13.8. The number of anilines is 2. The summed E-state index contributed by atoms with van der Waals surface area (Å²) >= 11 is 3.45. The van der Waals surface area contributed by atoms with Gasteiger partial charge in [0.2, 0.25) is 5.91 Å². The lowest BCUT2D eigenvalue weighted by atomic mass is 10.1. The highest BCUT2D eigenvalue weighted by atomic mass is 79.9. The van der Waals surface area contributed by atoms with Crippen LogP contribution in [-0.4, -0.2) is 5.91 Å². The molecular formula is C17H19BrN2O. The van der Waals surface area contributed by atoms with E-state index in [0.717, 1.165) is 16.5 Å². The van der Waals surface area contributed by atoms with E-state index in [2.05, 4.69) is 40.3 Å². The fourth-order valence-corrected chi connectivity index (χ4v) is 2.68. The van der Waals surface area contributed by atoms with Crippen LogP contribution in [-0.2, 0) is 11.2 Å². The number of nitrogen functional groups attached to an aromatic ring is 1. The largest absolute Gasteiger partial charge is 0.398 e. The van der Waals surface area contributed by atoms with Crippen molar-refractivity contribution < 1.29 is 4.79 Å². The first-order valence-corrected chi connectivity index (χ1v) is 7.66. The summed E-state index contributed by atoms with van der Waals surface area (Å²) in [6.45, 7) is 3.99. The Balaban J connectivity index is 1.97. The van der Waals surface area contributed by atoms with Crippen molar-refractivity contribution in [1.82, 2.24) is 0 Å². The maximum atomic E-state index is 12.0. The molecule has 4 heteroatoms. The minimum absolute atomic E-state index is 0.0135. The number of aryl methyl sites for hydroxylation is 3. The molecule has 0 aliphatic carbocycles. The van der Waals surface area contributed by atoms with Gasteiger partial charge in [-0.25, -0.2) is 0 Å². The highest BCUT2D eigenvalue weighted by molar-refractivity contribution is 9.10. The van der Waals surface area contributed by atoms with Crippen molar-refractivity contribution in [2.45, 2.75) is 26.7 Å². The summed E-state index contributed by atoms with van der Waals surface area (Å²) in [5.41, 5.74) is 10.6. The maximum absolute atomic E-state index is 12.0. The molecule has 0 aliphatic rings. The molecule has 2 aromatic rings. The van der Waals surface area contributed by atoms with E-state index in [1.54, 1.807) is 6.07 Å². The number of rotatable bonds is 4. The number of carbonyl (C=O) groups excluding carboxylic acids is 1. The third kappa shape index (κ3) is 4.33. The molecule has 3 nitrogen and oxygen atoms in total. The smallest absolute Gasteiger partial charge is 0.224 e. The van der Waals surface area contributed by atoms with Crippen molar-refractivity contribution >= 4 is 33.2 Å². The number of hydrogen-bond acceptors (Lipinski definition) is 2. The van der Waals surface area contributed by atoms with E-state index in [1.165, 1.54) is 11.1 Å². The summed E-state index contributed by atoms with van der Waals surface area (Å²) < 4.78 is 0.845. The van der Waals surface area contributed by atoms with E-state index in [1.807, 2.05) is 25.1 Å². The van der Waals surface area contributed by atoms with E-state index in [4.69, 9.17) is 5.73 Å². The van der Waals surface area contributed by atoms with Crippen LogP contribution < -0.4 is 11.1 Å². The van der Waals surface area contributed by atoms with Gasteiger partial charge in [0.05, 0.1) is 5.69 Å². The summed E-state index contributed by atoms with van der Waals surface area (Å²) in [4.78, 5) is 12.0. The second kappa shape index (κ2) is 6.76. The molecule has 0 heterocycles. The first-order chi connectivity index (χ1) is 9.95. The Morgan fingerprint density at radius 3 is 2.71 bits per heavy atom. The van der Waals surface area contributed by atoms with Crippen LogP contribution in [0.25, 0.3) is 0 Å². The monoisotopic (exact) mass is 346 g/mol. The molecule has 110 valence electrons. The summed E-state index contributed by atoms with van der Waals surface area (Å²) in [6, 6.07) is 11.9. The molecule has 2 rings (SSSR count). The van der Waals surface area contributed by atoms with Crippen LogP contribution in [0.2, 0.25) is 0 Å². The molecule has 0 spiro atoms. The lowest BCUT2D eigenvalue weighted by Crippen LogP contribution is -2.13. The molecule has 0 atom stereocenters. The number of halogens is 1. The van der Waals surface area contributed by atoms with Crippen molar-refractivity contribution in [3.05, 3.63) is 57.6 Å². The quantitative estimate of drug-likeness (QED) is 0.814. The molecule has 0 saturated heterocycles. The Labute approximate surface area is 133 Å². The van der Waals surface area contributed by atoms with Gasteiger partial charge in [-0.15, -0.1) is 0 Å². The Morgan fingerprint density at radius 2 is 2.00 bits per heavy atom. The summed E-state index contributed by atoms with van der Waals surface area (Å²) in [5.74, 6) is -0.0135. The van der Waals surface area contributed by atoms with Crippen molar-refractivity contribution in [3.63, 3.8) is 0 Å². The average molecular weight is 347 g/mol. The topological polar surface area (TPSA) is 55.1 Å². The van der Waals surface area contributed by atoms with Gasteiger partial charge in [0.15, 0.2) is 0 Å². The van der Waals surface area contributed by atoms with Crippen molar-refractivity contribution in [2.24, 2.45) is 0 Å². The molecular weight excluding hydrogens is 328 g/mol. The highest BCUT2D eigenvalue weighted by Gasteiger charge is 2.08. The highest BCUT2D eigenvalue weighted by Crippen LogP contribution is 2.27. The fraction of sp³-hybridized carbons (Fsp3) is 0.235. The van der Waals surface area contributed by atoms with Gasteiger partial charge < -0.3 is 11.1 Å². The molecule has 0 aliphatic heterocycles. The molecule has 0 unspecified atom stereocenters. The van der Waals surface area contributed by atoms with Crippen LogP contribution in [0.4, 0.5) is 11.4 Å². The van der Waals surface area contributed by atoms with Gasteiger partial charge in [-0.2, -0.15) is 0 Å². The van der Waals surface area contributed by atoms with E-state index in [-0.39, 0.29) is 5.91 Å². The second-order valence-electron chi connectivity index (χ2n) is 5.23. The van der Waals surface area contributed by atoms with Gasteiger partial charge in [0.25, 0.3) is 0 Å². The van der Waals surface area contributed by atoms with Crippen molar-refractivity contribution in [3.8, 4) is 0 Å². The van der Waals surface area contributed by atoms with Crippen LogP contribution in [0, 0.1) is 13.8 Å². The molecule has 0 aromatic heterocycles. The van der Waals surface area contributed by atoms with E-state index in [9.17, 15) is 4.79 Å². The molecule has 3 N–H and O–H groups in total. The number of amides is 1. The number of nitrogens with one attached hydrogen (secondary N) is 1. The zero-order chi connectivity index (χ0) is 15.4. The molecule has 21 heavy (non-hydrogen) atoms. The molecule has 2 aromatic carbocycles. The first kappa shape index (κ1) is 15.6. The minimum atomic E-state index is -0.0135. The van der Waals surface area contributed by atoms with Crippen LogP contribution in [0.5, 0.6) is 0 Å². The second-order valence-corrected chi connectivity index (χ2v) is 6.08. The van der Waals surface area contributed by atoms with Crippen LogP contribution in [0.1, 0.15) is 23.1 Å². The van der Waals surface area contributed by atoms with Crippen molar-refractivity contribution in [2.75, 3.05) is 11.1 Å². The predicted octanol–water partition coefficient (Wildman–Crippen LogP) is 4.22. The van der Waals surface area contributed by atoms with E-state index < -0.39 is 0 Å². The summed E-state index contributed by atoms with van der Waals surface area (Å²) in [5, 5.41) is 2.90. The van der Waals surface area contributed by atoms with Crippen LogP contribution >= 0.6 is 15.9 Å². The number of nitrogens with two attached hydrogens (primary N) is 1. The molecule has 0 bridgehead atoms. The normalized spacial score (nSPS) is 10.4. The van der Waals surface area contributed by atoms with E-state index in [0.29, 0.717) is 17.8 Å². The summed E-state index contributed by atoms with van der Waals surface area (Å²) in [7, 11) is 0. The third-order valence-corrected chi connectivity index (χ3v) is 4.01. The SMILES string of the molecule is Cc1cccc(CCC(=O)Nc2cc(N)c(C)cc2Br)c1. The lowest BCUT2D eigenvalue weighted by Gasteiger charge is -2.10. The minimum Gasteiger partial charge on any atom is -0.398 e. The van der Waals surface area contributed by atoms with Gasteiger partial charge in [-0.05, 0) is 59.5 Å². The Kier molecular flexibility index (Phi) is 5.02. The molecule has 0 radical (unpaired) electrons. The average Bonchev–Trinajstić information content (AvgIpc) is 2.43. The number of carbonyl (C=O) groups is 1. The number of hydrogen-bond donors (Lipinski definition) is 2. The van der Waals surface area contributed by atoms with Gasteiger partial charge in [-0.3, -0.25) is 4.79 Å². The Bertz CT molecular complexity index is 668. The third-order valence-electron chi connectivity index (χ3n) is 3.35. The summed E-state index contributed by atoms with van der Waals surface area (Å²) in [6.07, 6.45) is 1.18. The Morgan fingerprint density at radius 1 is 1.24 bits per heavy atom. The zero-order valence-electron chi connectivity index (χ0n) is 12.2. The van der Waals surface area contributed by atoms with Gasteiger partial charge >= 0.3 is 0 Å². The Hall–Kier alpha value is -1.81. The first-order valence-electron chi connectivity index (χ1n) is 6.86. The molecule has 0 saturated carbocycles. The fourth-order valence-electron chi connectivity index (χ4n) is 2.12. The maximum Gasteiger partial charge on any atom is 0.224 e. The molecule has 1 amide bonds. The van der Waals surface area contributed by atoms with Crippen LogP contribution in [0.15, 0.2) is 40.9 Å². The molecule has 0 fully saturated rings. The lowest BCUT2D eigenvalue weighted by molar-refractivity contribution is -0.116. The number of benzene rings is 2. The van der Waals surface area contributed by atoms with Crippen LogP contribution in [0.3, 0.4) is 0 Å². The van der Waals surface area contributed by atoms with Gasteiger partial charge in [0, 0.05) is 16.6 Å². The van der Waals surface area contributed by atoms with E-state index >= 15 is 0 Å². The van der Waals surface area contributed by atoms with Gasteiger partial charge in [0.1, 0.15) is 0 Å². The van der Waals surface area contributed by atoms with Gasteiger partial charge in [-0.1, -0.05) is 29.8 Å². The standard InChI is InChI=1S/C17H19BrN2O/c1-11-4-3-5-13(8-11)6-7-17(21)20-16-10-15(19)12(2)9-14(16)18/h3-5,8-10H,6-7,19H2,1-2H3,(H,20,21).